The number of aromatic amines is 1. The molecule has 2 rings (SSSR count). The standard InChI is InChI=1S/C16H21FN2O2/c1-16(2,3)8-12(9-20)18-15(21)14-7-10-6-11(17)4-5-13(10)19-14/h4-7,12,19-20H,8-9H2,1-3H3,(H,18,21). The van der Waals surface area contributed by atoms with Crippen molar-refractivity contribution in [3.05, 3.63) is 35.8 Å². The van der Waals surface area contributed by atoms with Gasteiger partial charge in [-0.3, -0.25) is 4.79 Å². The van der Waals surface area contributed by atoms with Gasteiger partial charge in [-0.25, -0.2) is 4.39 Å². The molecule has 3 N–H and O–H groups in total. The van der Waals surface area contributed by atoms with Gasteiger partial charge in [0.15, 0.2) is 0 Å². The maximum Gasteiger partial charge on any atom is 0.268 e. The number of hydrogen-bond donors (Lipinski definition) is 3. The molecule has 0 fully saturated rings. The molecule has 0 aliphatic heterocycles. The summed E-state index contributed by atoms with van der Waals surface area (Å²) < 4.78 is 13.1. The van der Waals surface area contributed by atoms with E-state index in [1.807, 2.05) is 20.8 Å². The Morgan fingerprint density at radius 3 is 2.71 bits per heavy atom. The lowest BCUT2D eigenvalue weighted by Gasteiger charge is -2.25. The van der Waals surface area contributed by atoms with Crippen LogP contribution >= 0.6 is 0 Å². The number of nitrogens with one attached hydrogen (secondary N) is 2. The van der Waals surface area contributed by atoms with Gasteiger partial charge >= 0.3 is 0 Å². The maximum atomic E-state index is 13.1. The highest BCUT2D eigenvalue weighted by atomic mass is 19.1. The van der Waals surface area contributed by atoms with Gasteiger partial charge in [0.1, 0.15) is 11.5 Å². The zero-order valence-corrected chi connectivity index (χ0v) is 12.5. The lowest BCUT2D eigenvalue weighted by Crippen LogP contribution is -2.40. The van der Waals surface area contributed by atoms with Crippen molar-refractivity contribution in [3.63, 3.8) is 0 Å². The second kappa shape index (κ2) is 5.85. The number of H-pyrrole nitrogens is 1. The number of rotatable bonds is 4. The fraction of sp³-hybridized carbons (Fsp3) is 0.438. The van der Waals surface area contributed by atoms with E-state index in [1.165, 1.54) is 12.1 Å². The molecule has 2 aromatic rings. The van der Waals surface area contributed by atoms with Crippen molar-refractivity contribution in [2.45, 2.75) is 33.2 Å². The van der Waals surface area contributed by atoms with E-state index in [1.54, 1.807) is 12.1 Å². The number of carbonyl (C=O) groups is 1. The lowest BCUT2D eigenvalue weighted by atomic mass is 9.88. The highest BCUT2D eigenvalue weighted by molar-refractivity contribution is 5.98. The topological polar surface area (TPSA) is 65.1 Å². The molecule has 114 valence electrons. The van der Waals surface area contributed by atoms with Crippen molar-refractivity contribution in [2.24, 2.45) is 5.41 Å². The number of benzene rings is 1. The summed E-state index contributed by atoms with van der Waals surface area (Å²) in [6.45, 7) is 6.03. The molecule has 0 aliphatic rings. The summed E-state index contributed by atoms with van der Waals surface area (Å²) in [5.74, 6) is -0.635. The van der Waals surface area contributed by atoms with Crippen LogP contribution in [0, 0.1) is 11.2 Å². The molecule has 1 aromatic heterocycles. The zero-order valence-electron chi connectivity index (χ0n) is 12.5. The first-order chi connectivity index (χ1) is 9.78. The van der Waals surface area contributed by atoms with Gasteiger partial charge in [-0.2, -0.15) is 0 Å². The number of aromatic nitrogens is 1. The molecule has 1 heterocycles. The van der Waals surface area contributed by atoms with Crippen molar-refractivity contribution in [1.82, 2.24) is 10.3 Å². The van der Waals surface area contributed by atoms with Gasteiger partial charge in [0.2, 0.25) is 0 Å². The monoisotopic (exact) mass is 292 g/mol. The molecule has 1 atom stereocenters. The van der Waals surface area contributed by atoms with Gasteiger partial charge in [-0.15, -0.1) is 0 Å². The van der Waals surface area contributed by atoms with Crippen LogP contribution in [0.25, 0.3) is 10.9 Å². The lowest BCUT2D eigenvalue weighted by molar-refractivity contribution is 0.0893. The van der Waals surface area contributed by atoms with Crippen LogP contribution in [-0.4, -0.2) is 28.6 Å². The van der Waals surface area contributed by atoms with E-state index < -0.39 is 0 Å². The first-order valence-electron chi connectivity index (χ1n) is 6.98. The minimum atomic E-state index is -0.338. The first kappa shape index (κ1) is 15.5. The van der Waals surface area contributed by atoms with E-state index in [2.05, 4.69) is 10.3 Å². The van der Waals surface area contributed by atoms with Crippen molar-refractivity contribution >= 4 is 16.8 Å². The Bertz CT molecular complexity index is 643. The molecule has 1 aromatic carbocycles. The van der Waals surface area contributed by atoms with Crippen LogP contribution in [0.1, 0.15) is 37.7 Å². The minimum Gasteiger partial charge on any atom is -0.394 e. The summed E-state index contributed by atoms with van der Waals surface area (Å²) in [7, 11) is 0. The Hall–Kier alpha value is -1.88. The molecule has 1 unspecified atom stereocenters. The SMILES string of the molecule is CC(C)(C)CC(CO)NC(=O)c1cc2cc(F)ccc2[nH]1. The second-order valence-electron chi connectivity index (χ2n) is 6.53. The molecule has 5 heteroatoms. The van der Waals surface area contributed by atoms with Crippen LogP contribution < -0.4 is 5.32 Å². The predicted molar refractivity (Wildman–Crippen MR) is 80.7 cm³/mol. The van der Waals surface area contributed by atoms with Gasteiger partial charge < -0.3 is 15.4 Å². The summed E-state index contributed by atoms with van der Waals surface area (Å²) in [5.41, 5.74) is 1.07. The molecule has 1 amide bonds. The molecule has 0 aliphatic carbocycles. The average molecular weight is 292 g/mol. The highest BCUT2D eigenvalue weighted by Gasteiger charge is 2.21. The third kappa shape index (κ3) is 4.04. The molecule has 0 spiro atoms. The molecular weight excluding hydrogens is 271 g/mol. The number of hydrogen-bond acceptors (Lipinski definition) is 2. The van der Waals surface area contributed by atoms with E-state index in [4.69, 9.17) is 0 Å². The van der Waals surface area contributed by atoms with Gasteiger partial charge in [0.05, 0.1) is 12.6 Å². The van der Waals surface area contributed by atoms with Crippen molar-refractivity contribution in [2.75, 3.05) is 6.61 Å². The quantitative estimate of drug-likeness (QED) is 0.811. The Labute approximate surface area is 123 Å². The molecular formula is C16H21FN2O2. The molecule has 0 radical (unpaired) electrons. The minimum absolute atomic E-state index is 0.00422. The number of amides is 1. The third-order valence-corrected chi connectivity index (χ3v) is 3.24. The zero-order chi connectivity index (χ0) is 15.6. The normalized spacial score (nSPS) is 13.4. The van der Waals surface area contributed by atoms with E-state index in [0.717, 1.165) is 0 Å². The van der Waals surface area contributed by atoms with Crippen LogP contribution in [0.2, 0.25) is 0 Å². The van der Waals surface area contributed by atoms with E-state index in [-0.39, 0.29) is 29.8 Å². The van der Waals surface area contributed by atoms with Gasteiger partial charge in [0.25, 0.3) is 5.91 Å². The third-order valence-electron chi connectivity index (χ3n) is 3.24. The van der Waals surface area contributed by atoms with Crippen LogP contribution in [0.3, 0.4) is 0 Å². The van der Waals surface area contributed by atoms with E-state index in [0.29, 0.717) is 23.0 Å². The molecule has 0 saturated heterocycles. The van der Waals surface area contributed by atoms with Crippen LogP contribution in [-0.2, 0) is 0 Å². The number of aliphatic hydroxyl groups is 1. The van der Waals surface area contributed by atoms with Crippen molar-refractivity contribution in [1.29, 1.82) is 0 Å². The largest absolute Gasteiger partial charge is 0.394 e. The van der Waals surface area contributed by atoms with Crippen molar-refractivity contribution < 1.29 is 14.3 Å². The van der Waals surface area contributed by atoms with Crippen LogP contribution in [0.15, 0.2) is 24.3 Å². The number of fused-ring (bicyclic) bond motifs is 1. The van der Waals surface area contributed by atoms with E-state index >= 15 is 0 Å². The smallest absolute Gasteiger partial charge is 0.268 e. The Morgan fingerprint density at radius 2 is 2.10 bits per heavy atom. The van der Waals surface area contributed by atoms with Crippen molar-refractivity contribution in [3.8, 4) is 0 Å². The molecule has 21 heavy (non-hydrogen) atoms. The first-order valence-corrected chi connectivity index (χ1v) is 6.98. The summed E-state index contributed by atoms with van der Waals surface area (Å²) in [4.78, 5) is 15.2. The Balaban J connectivity index is 2.14. The fourth-order valence-electron chi connectivity index (χ4n) is 2.39. The molecule has 0 bridgehead atoms. The Kier molecular flexibility index (Phi) is 4.32. The predicted octanol–water partition coefficient (Wildman–Crippen LogP) is 2.83. The highest BCUT2D eigenvalue weighted by Crippen LogP contribution is 2.21. The van der Waals surface area contributed by atoms with Crippen LogP contribution in [0.5, 0.6) is 0 Å². The number of halogens is 1. The summed E-state index contributed by atoms with van der Waals surface area (Å²) >= 11 is 0. The van der Waals surface area contributed by atoms with Gasteiger partial charge in [0, 0.05) is 10.9 Å². The molecule has 4 nitrogen and oxygen atoms in total. The summed E-state index contributed by atoms with van der Waals surface area (Å²) in [6.07, 6.45) is 0.671. The Morgan fingerprint density at radius 1 is 1.38 bits per heavy atom. The molecule has 0 saturated carbocycles. The number of carbonyl (C=O) groups excluding carboxylic acids is 1. The fourth-order valence-corrected chi connectivity index (χ4v) is 2.39. The van der Waals surface area contributed by atoms with E-state index in [9.17, 15) is 14.3 Å². The van der Waals surface area contributed by atoms with Gasteiger partial charge in [-0.1, -0.05) is 20.8 Å². The maximum absolute atomic E-state index is 13.1. The average Bonchev–Trinajstić information content (AvgIpc) is 2.79. The summed E-state index contributed by atoms with van der Waals surface area (Å²) in [5, 5.41) is 12.8. The van der Waals surface area contributed by atoms with Gasteiger partial charge in [-0.05, 0) is 36.1 Å². The second-order valence-corrected chi connectivity index (χ2v) is 6.53. The summed E-state index contributed by atoms with van der Waals surface area (Å²) in [6, 6.07) is 5.62. The number of aliphatic hydroxyl groups excluding tert-OH is 1. The van der Waals surface area contributed by atoms with Crippen LogP contribution in [0.4, 0.5) is 4.39 Å².